The van der Waals surface area contributed by atoms with Gasteiger partial charge in [-0.1, -0.05) is 12.1 Å². The van der Waals surface area contributed by atoms with Crippen LogP contribution in [0, 0.1) is 0 Å². The fraction of sp³-hybridized carbons (Fsp3) is 0.263. The molecular weight excluding hydrogens is 344 g/mol. The van der Waals surface area contributed by atoms with Gasteiger partial charge in [-0.2, -0.15) is 0 Å². The predicted molar refractivity (Wildman–Crippen MR) is 103 cm³/mol. The number of rotatable bonds is 4. The number of nitrogens with zero attached hydrogens (tertiary/aromatic N) is 4. The zero-order chi connectivity index (χ0) is 18.8. The van der Waals surface area contributed by atoms with Gasteiger partial charge in [-0.05, 0) is 31.2 Å². The van der Waals surface area contributed by atoms with E-state index in [2.05, 4.69) is 20.6 Å². The number of nitrogens with one attached hydrogen (secondary N) is 2. The molecule has 1 aliphatic heterocycles. The van der Waals surface area contributed by atoms with Gasteiger partial charge in [0.2, 0.25) is 11.8 Å². The van der Waals surface area contributed by atoms with Crippen LogP contribution in [-0.4, -0.2) is 46.0 Å². The van der Waals surface area contributed by atoms with Gasteiger partial charge in [0.15, 0.2) is 0 Å². The summed E-state index contributed by atoms with van der Waals surface area (Å²) in [7, 11) is 0. The molecule has 3 aromatic rings. The maximum Gasteiger partial charge on any atom is 0.247 e. The van der Waals surface area contributed by atoms with Crippen molar-refractivity contribution in [1.29, 1.82) is 0 Å². The summed E-state index contributed by atoms with van der Waals surface area (Å²) >= 11 is 0. The summed E-state index contributed by atoms with van der Waals surface area (Å²) in [6.07, 6.45) is 3.29. The summed E-state index contributed by atoms with van der Waals surface area (Å²) in [6.45, 7) is 3.45. The Bertz CT molecular complexity index is 981. The molecule has 1 atom stereocenters. The minimum absolute atomic E-state index is 0.0122. The van der Waals surface area contributed by atoms with Crippen LogP contribution in [0.2, 0.25) is 0 Å². The van der Waals surface area contributed by atoms with Crippen molar-refractivity contribution >= 4 is 34.4 Å². The second-order valence-corrected chi connectivity index (χ2v) is 6.48. The highest BCUT2D eigenvalue weighted by atomic mass is 16.2. The van der Waals surface area contributed by atoms with Crippen LogP contribution >= 0.6 is 0 Å². The number of piperazine rings is 1. The molecule has 1 unspecified atom stereocenters. The highest BCUT2D eigenvalue weighted by Gasteiger charge is 2.19. The molecular formula is C19H20N6O2. The van der Waals surface area contributed by atoms with E-state index in [1.807, 2.05) is 46.7 Å². The largest absolute Gasteiger partial charge is 0.353 e. The van der Waals surface area contributed by atoms with E-state index in [1.165, 1.54) is 0 Å². The molecule has 2 aromatic heterocycles. The zero-order valence-corrected chi connectivity index (χ0v) is 14.9. The molecule has 0 bridgehead atoms. The average molecular weight is 364 g/mol. The van der Waals surface area contributed by atoms with Crippen molar-refractivity contribution in [3.05, 3.63) is 48.9 Å². The molecule has 0 spiro atoms. The van der Waals surface area contributed by atoms with E-state index in [9.17, 15) is 9.59 Å². The normalized spacial score (nSPS) is 15.4. The second kappa shape index (κ2) is 7.06. The maximum absolute atomic E-state index is 12.6. The maximum atomic E-state index is 12.6. The van der Waals surface area contributed by atoms with Gasteiger partial charge in [-0.25, -0.2) is 9.97 Å². The first-order chi connectivity index (χ1) is 13.1. The minimum atomic E-state index is -0.414. The average Bonchev–Trinajstić information content (AvgIpc) is 3.12. The number of fused-ring (bicyclic) bond motifs is 1. The van der Waals surface area contributed by atoms with Gasteiger partial charge in [-0.15, -0.1) is 0 Å². The van der Waals surface area contributed by atoms with Crippen LogP contribution in [0.1, 0.15) is 13.0 Å². The smallest absolute Gasteiger partial charge is 0.247 e. The molecule has 0 radical (unpaired) electrons. The zero-order valence-electron chi connectivity index (χ0n) is 14.9. The Hall–Kier alpha value is -3.42. The third-order valence-corrected chi connectivity index (χ3v) is 4.66. The Morgan fingerprint density at radius 2 is 2.07 bits per heavy atom. The molecule has 0 aliphatic carbocycles. The lowest BCUT2D eigenvalue weighted by molar-refractivity contribution is -0.120. The van der Waals surface area contributed by atoms with Crippen molar-refractivity contribution in [2.75, 3.05) is 29.9 Å². The van der Waals surface area contributed by atoms with Crippen molar-refractivity contribution in [1.82, 2.24) is 19.9 Å². The van der Waals surface area contributed by atoms with Crippen LogP contribution in [0.15, 0.2) is 48.9 Å². The molecule has 138 valence electrons. The van der Waals surface area contributed by atoms with Gasteiger partial charge < -0.3 is 20.1 Å². The first-order valence-electron chi connectivity index (χ1n) is 8.82. The number of aromatic nitrogens is 3. The van der Waals surface area contributed by atoms with Crippen LogP contribution in [0.3, 0.4) is 0 Å². The number of carbonyl (C=O) groups is 2. The van der Waals surface area contributed by atoms with E-state index in [0.717, 1.165) is 23.4 Å². The number of hydrogen-bond acceptors (Lipinski definition) is 5. The molecule has 2 amide bonds. The summed E-state index contributed by atoms with van der Waals surface area (Å²) < 4.78 is 1.85. The molecule has 8 heteroatoms. The lowest BCUT2D eigenvalue weighted by Gasteiger charge is -2.27. The molecule has 4 rings (SSSR count). The Kier molecular flexibility index (Phi) is 4.45. The Balaban J connectivity index is 1.45. The minimum Gasteiger partial charge on any atom is -0.353 e. The van der Waals surface area contributed by atoms with Gasteiger partial charge in [-0.3, -0.25) is 9.59 Å². The number of anilines is 2. The van der Waals surface area contributed by atoms with Crippen LogP contribution in [0.25, 0.3) is 11.0 Å². The van der Waals surface area contributed by atoms with Gasteiger partial charge in [0.25, 0.3) is 0 Å². The van der Waals surface area contributed by atoms with Crippen molar-refractivity contribution in [3.8, 4) is 0 Å². The fourth-order valence-electron chi connectivity index (χ4n) is 3.14. The van der Waals surface area contributed by atoms with Gasteiger partial charge in [0.05, 0.1) is 35.8 Å². The van der Waals surface area contributed by atoms with Crippen molar-refractivity contribution in [2.45, 2.75) is 13.0 Å². The fourth-order valence-corrected chi connectivity index (χ4v) is 3.14. The molecule has 27 heavy (non-hydrogen) atoms. The van der Waals surface area contributed by atoms with Crippen molar-refractivity contribution < 1.29 is 9.59 Å². The van der Waals surface area contributed by atoms with Crippen LogP contribution < -0.4 is 15.5 Å². The molecule has 1 aliphatic rings. The van der Waals surface area contributed by atoms with E-state index in [4.69, 9.17) is 0 Å². The molecule has 1 fully saturated rings. The number of carbonyl (C=O) groups excluding carboxylic acids is 2. The van der Waals surface area contributed by atoms with E-state index >= 15 is 0 Å². The molecule has 3 heterocycles. The topological polar surface area (TPSA) is 92.2 Å². The molecule has 1 aromatic carbocycles. The molecule has 1 saturated heterocycles. The number of para-hydroxylation sites is 2. The second-order valence-electron chi connectivity index (χ2n) is 6.48. The quantitative estimate of drug-likeness (QED) is 0.733. The van der Waals surface area contributed by atoms with Crippen LogP contribution in [0.4, 0.5) is 11.5 Å². The van der Waals surface area contributed by atoms with Crippen LogP contribution in [-0.2, 0) is 9.59 Å². The number of pyridine rings is 1. The number of benzene rings is 1. The highest BCUT2D eigenvalue weighted by Crippen LogP contribution is 2.20. The van der Waals surface area contributed by atoms with Crippen LogP contribution in [0.5, 0.6) is 0 Å². The molecule has 2 N–H and O–H groups in total. The van der Waals surface area contributed by atoms with Gasteiger partial charge >= 0.3 is 0 Å². The Morgan fingerprint density at radius 1 is 1.22 bits per heavy atom. The van der Waals surface area contributed by atoms with E-state index < -0.39 is 6.04 Å². The van der Waals surface area contributed by atoms with E-state index in [1.54, 1.807) is 18.6 Å². The summed E-state index contributed by atoms with van der Waals surface area (Å²) in [5, 5.41) is 5.67. The summed E-state index contributed by atoms with van der Waals surface area (Å²) in [5.41, 5.74) is 2.38. The lowest BCUT2D eigenvalue weighted by Crippen LogP contribution is -2.48. The summed E-state index contributed by atoms with van der Waals surface area (Å²) in [4.78, 5) is 34.7. The first kappa shape index (κ1) is 17.0. The third-order valence-electron chi connectivity index (χ3n) is 4.66. The highest BCUT2D eigenvalue weighted by molar-refractivity contribution is 5.94. The van der Waals surface area contributed by atoms with Crippen molar-refractivity contribution in [2.24, 2.45) is 0 Å². The number of amides is 2. The monoisotopic (exact) mass is 364 g/mol. The predicted octanol–water partition coefficient (Wildman–Crippen LogP) is 1.57. The number of hydrogen-bond donors (Lipinski definition) is 2. The van der Waals surface area contributed by atoms with E-state index in [-0.39, 0.29) is 11.8 Å². The van der Waals surface area contributed by atoms with Crippen molar-refractivity contribution in [3.63, 3.8) is 0 Å². The van der Waals surface area contributed by atoms with Gasteiger partial charge in [0.1, 0.15) is 11.9 Å². The SMILES string of the molecule is CC(C(=O)Nc1ccc(N2CCNC(=O)C2)nc1)n1cnc2ccccc21. The summed E-state index contributed by atoms with van der Waals surface area (Å²) in [5.74, 6) is 0.559. The number of imidazole rings is 1. The lowest BCUT2D eigenvalue weighted by atomic mass is 10.2. The summed E-state index contributed by atoms with van der Waals surface area (Å²) in [6, 6.07) is 10.9. The third kappa shape index (κ3) is 3.46. The Labute approximate surface area is 156 Å². The standard InChI is InChI=1S/C19H20N6O2/c1-13(25-12-22-15-4-2-3-5-16(15)25)19(27)23-14-6-7-17(21-10-14)24-9-8-20-18(26)11-24/h2-7,10,12-13H,8-9,11H2,1H3,(H,20,26)(H,23,27). The van der Waals surface area contributed by atoms with Gasteiger partial charge in [0, 0.05) is 13.1 Å². The molecule has 8 nitrogen and oxygen atoms in total. The Morgan fingerprint density at radius 3 is 2.85 bits per heavy atom. The molecule has 0 saturated carbocycles. The first-order valence-corrected chi connectivity index (χ1v) is 8.82. The van der Waals surface area contributed by atoms with E-state index in [0.29, 0.717) is 18.8 Å².